The summed E-state index contributed by atoms with van der Waals surface area (Å²) in [5.41, 5.74) is 1.46. The predicted molar refractivity (Wildman–Crippen MR) is 150 cm³/mol. The number of hydrogen-bond donors (Lipinski definition) is 1. The van der Waals surface area contributed by atoms with Gasteiger partial charge in [-0.15, -0.1) is 0 Å². The van der Waals surface area contributed by atoms with E-state index >= 15 is 0 Å². The van der Waals surface area contributed by atoms with Crippen LogP contribution in [0.3, 0.4) is 0 Å². The number of piperidine rings is 1. The molecule has 1 spiro atoms. The van der Waals surface area contributed by atoms with Gasteiger partial charge in [0.05, 0.1) is 6.67 Å². The molecule has 4 aliphatic rings. The molecular formula is C31H30N4O7. The smallest absolute Gasteiger partial charge is 0.253 e. The minimum absolute atomic E-state index is 0.0612. The molecule has 0 radical (unpaired) electrons. The van der Waals surface area contributed by atoms with Gasteiger partial charge in [-0.2, -0.15) is 0 Å². The van der Waals surface area contributed by atoms with Crippen LogP contribution in [0, 0.1) is 0 Å². The summed E-state index contributed by atoms with van der Waals surface area (Å²) in [5, 5.41) is 2.92. The van der Waals surface area contributed by atoms with E-state index < -0.39 is 5.54 Å². The average molecular weight is 571 g/mol. The molecule has 4 heterocycles. The van der Waals surface area contributed by atoms with Gasteiger partial charge in [0.15, 0.2) is 23.0 Å². The van der Waals surface area contributed by atoms with E-state index in [1.807, 2.05) is 48.5 Å². The molecule has 4 aliphatic heterocycles. The van der Waals surface area contributed by atoms with E-state index in [-0.39, 0.29) is 44.5 Å². The second kappa shape index (κ2) is 10.5. The highest BCUT2D eigenvalue weighted by molar-refractivity contribution is 5.98. The van der Waals surface area contributed by atoms with Gasteiger partial charge in [0.25, 0.3) is 11.8 Å². The zero-order valence-electron chi connectivity index (χ0n) is 22.9. The number of para-hydroxylation sites is 1. The van der Waals surface area contributed by atoms with Gasteiger partial charge in [0.1, 0.15) is 12.1 Å². The number of nitrogens with zero attached hydrogens (tertiary/aromatic N) is 3. The third kappa shape index (κ3) is 4.60. The van der Waals surface area contributed by atoms with E-state index in [4.69, 9.17) is 18.9 Å². The Morgan fingerprint density at radius 2 is 1.48 bits per heavy atom. The van der Waals surface area contributed by atoms with Crippen LogP contribution < -0.4 is 29.2 Å². The molecule has 0 saturated carbocycles. The monoisotopic (exact) mass is 570 g/mol. The molecule has 11 nitrogen and oxygen atoms in total. The first-order valence-electron chi connectivity index (χ1n) is 14.0. The molecular weight excluding hydrogens is 540 g/mol. The number of fused-ring (bicyclic) bond motifs is 2. The second-order valence-corrected chi connectivity index (χ2v) is 10.8. The minimum atomic E-state index is -0.843. The lowest BCUT2D eigenvalue weighted by Crippen LogP contribution is -2.57. The Bertz CT molecular complexity index is 1540. The Morgan fingerprint density at radius 3 is 2.21 bits per heavy atom. The molecule has 3 aromatic carbocycles. The second-order valence-electron chi connectivity index (χ2n) is 10.8. The molecule has 7 rings (SSSR count). The third-order valence-corrected chi connectivity index (χ3v) is 8.34. The Kier molecular flexibility index (Phi) is 6.49. The summed E-state index contributed by atoms with van der Waals surface area (Å²) in [6.07, 6.45) is 0.901. The summed E-state index contributed by atoms with van der Waals surface area (Å²) in [6, 6.07) is 20.5. The largest absolute Gasteiger partial charge is 0.454 e. The molecule has 42 heavy (non-hydrogen) atoms. The Morgan fingerprint density at radius 1 is 0.810 bits per heavy atom. The van der Waals surface area contributed by atoms with Crippen LogP contribution in [0.25, 0.3) is 0 Å². The van der Waals surface area contributed by atoms with Gasteiger partial charge in [0, 0.05) is 30.9 Å². The zero-order valence-corrected chi connectivity index (χ0v) is 22.9. The lowest BCUT2D eigenvalue weighted by atomic mass is 9.85. The van der Waals surface area contributed by atoms with Crippen LogP contribution in [0.4, 0.5) is 5.69 Å². The van der Waals surface area contributed by atoms with Crippen LogP contribution in [-0.4, -0.2) is 72.9 Å². The molecule has 0 atom stereocenters. The van der Waals surface area contributed by atoms with Gasteiger partial charge < -0.3 is 39.0 Å². The molecule has 1 N–H and O–H groups in total. The van der Waals surface area contributed by atoms with Gasteiger partial charge >= 0.3 is 0 Å². The van der Waals surface area contributed by atoms with Crippen molar-refractivity contribution in [2.75, 3.05) is 44.8 Å². The van der Waals surface area contributed by atoms with Gasteiger partial charge in [-0.1, -0.05) is 24.3 Å². The van der Waals surface area contributed by atoms with Crippen molar-refractivity contribution >= 4 is 23.4 Å². The number of hydrogen-bond acceptors (Lipinski definition) is 8. The molecule has 11 heteroatoms. The fourth-order valence-electron chi connectivity index (χ4n) is 6.10. The molecule has 2 fully saturated rings. The van der Waals surface area contributed by atoms with Crippen molar-refractivity contribution < 1.29 is 33.3 Å². The molecule has 0 unspecified atom stereocenters. The van der Waals surface area contributed by atoms with Crippen LogP contribution in [0.5, 0.6) is 23.0 Å². The normalized spacial score (nSPS) is 18.1. The topological polar surface area (TPSA) is 110 Å². The summed E-state index contributed by atoms with van der Waals surface area (Å²) in [5.74, 6) is 2.06. The summed E-state index contributed by atoms with van der Waals surface area (Å²) < 4.78 is 21.6. The predicted octanol–water partition coefficient (Wildman–Crippen LogP) is 2.74. The summed E-state index contributed by atoms with van der Waals surface area (Å²) >= 11 is 0. The first-order chi connectivity index (χ1) is 20.5. The number of benzene rings is 3. The van der Waals surface area contributed by atoms with Crippen LogP contribution in [0.2, 0.25) is 0 Å². The molecule has 0 aliphatic carbocycles. The lowest BCUT2D eigenvalue weighted by Gasteiger charge is -2.43. The summed E-state index contributed by atoms with van der Waals surface area (Å²) in [4.78, 5) is 45.8. The van der Waals surface area contributed by atoms with E-state index in [1.54, 1.807) is 28.0 Å². The van der Waals surface area contributed by atoms with Crippen LogP contribution in [-0.2, 0) is 16.1 Å². The van der Waals surface area contributed by atoms with Gasteiger partial charge in [-0.25, -0.2) is 0 Å². The van der Waals surface area contributed by atoms with Crippen molar-refractivity contribution in [1.29, 1.82) is 0 Å². The number of rotatable bonds is 6. The first kappa shape index (κ1) is 26.0. The number of anilines is 1. The van der Waals surface area contributed by atoms with Crippen molar-refractivity contribution in [3.05, 3.63) is 77.9 Å². The van der Waals surface area contributed by atoms with Crippen molar-refractivity contribution in [3.63, 3.8) is 0 Å². The highest BCUT2D eigenvalue weighted by Gasteiger charge is 2.54. The van der Waals surface area contributed by atoms with Gasteiger partial charge in [-0.05, 0) is 60.9 Å². The Balaban J connectivity index is 1.04. The van der Waals surface area contributed by atoms with Crippen LogP contribution >= 0.6 is 0 Å². The molecule has 0 aromatic heterocycles. The molecule has 3 amide bonds. The Labute approximate surface area is 242 Å². The SMILES string of the molecule is O=C(CN1CN(c2ccccc2)C2(CCN(C(=O)c3ccc4c(c3)OCO4)CC2)C1=O)NCc1ccc2c(c1)OCO2. The summed E-state index contributed by atoms with van der Waals surface area (Å²) in [6.45, 7) is 1.68. The maximum Gasteiger partial charge on any atom is 0.253 e. The summed E-state index contributed by atoms with van der Waals surface area (Å²) in [7, 11) is 0. The number of likely N-dealkylation sites (tertiary alicyclic amines) is 1. The highest BCUT2D eigenvalue weighted by atomic mass is 16.7. The Hall–Kier alpha value is -4.93. The standard InChI is InChI=1S/C31H30N4O7/c36-28(32-16-21-6-8-24-26(14-21)41-19-39-24)17-34-18-35(23-4-2-1-3-5-23)31(30(34)38)10-12-33(13-11-31)29(37)22-7-9-25-27(15-22)42-20-40-25/h1-9,14-15H,10-13,16-20H2,(H,32,36). The lowest BCUT2D eigenvalue weighted by molar-refractivity contribution is -0.137. The highest BCUT2D eigenvalue weighted by Crippen LogP contribution is 2.40. The quantitative estimate of drug-likeness (QED) is 0.482. The number of carbonyl (C=O) groups is 3. The number of ether oxygens (including phenoxy) is 4. The maximum atomic E-state index is 14.0. The van der Waals surface area contributed by atoms with Crippen LogP contribution in [0.1, 0.15) is 28.8 Å². The molecule has 216 valence electrons. The molecule has 3 aromatic rings. The maximum absolute atomic E-state index is 14.0. The van der Waals surface area contributed by atoms with Crippen molar-refractivity contribution in [1.82, 2.24) is 15.1 Å². The first-order valence-corrected chi connectivity index (χ1v) is 14.0. The zero-order chi connectivity index (χ0) is 28.7. The van der Waals surface area contributed by atoms with E-state index in [9.17, 15) is 14.4 Å². The van der Waals surface area contributed by atoms with Gasteiger partial charge in [-0.3, -0.25) is 14.4 Å². The average Bonchev–Trinajstić information content (AvgIpc) is 3.75. The van der Waals surface area contributed by atoms with E-state index in [1.165, 1.54) is 0 Å². The fraction of sp³-hybridized carbons (Fsp3) is 0.323. The van der Waals surface area contributed by atoms with E-state index in [2.05, 4.69) is 10.2 Å². The number of amides is 3. The van der Waals surface area contributed by atoms with Crippen molar-refractivity contribution in [2.24, 2.45) is 0 Å². The van der Waals surface area contributed by atoms with Gasteiger partial charge in [0.2, 0.25) is 19.5 Å². The third-order valence-electron chi connectivity index (χ3n) is 8.34. The van der Waals surface area contributed by atoms with Crippen molar-refractivity contribution in [2.45, 2.75) is 24.9 Å². The van der Waals surface area contributed by atoms with E-state index in [0.29, 0.717) is 61.0 Å². The van der Waals surface area contributed by atoms with Crippen molar-refractivity contribution in [3.8, 4) is 23.0 Å². The van der Waals surface area contributed by atoms with E-state index in [0.717, 1.165) is 11.3 Å². The molecule has 0 bridgehead atoms. The fourth-order valence-corrected chi connectivity index (χ4v) is 6.10. The number of nitrogens with one attached hydrogen (secondary N) is 1. The molecule has 2 saturated heterocycles. The number of carbonyl (C=O) groups excluding carboxylic acids is 3. The minimum Gasteiger partial charge on any atom is -0.454 e. The van der Waals surface area contributed by atoms with Crippen LogP contribution in [0.15, 0.2) is 66.7 Å².